The van der Waals surface area contributed by atoms with Crippen molar-refractivity contribution in [2.75, 3.05) is 28.8 Å². The third kappa shape index (κ3) is 24.8. The van der Waals surface area contributed by atoms with Crippen molar-refractivity contribution in [3.8, 4) is 73.0 Å². The molecule has 0 amide bonds. The Morgan fingerprint density at radius 1 is 0.366 bits per heavy atom. The van der Waals surface area contributed by atoms with Gasteiger partial charge in [-0.3, -0.25) is 13.5 Å². The number of nitrogens with zero attached hydrogens (tertiary/aromatic N) is 18. The average Bonchev–Trinajstić information content (AvgIpc) is 1.58. The summed E-state index contributed by atoms with van der Waals surface area (Å²) in [4.78, 5) is 25.2. The second-order valence-corrected chi connectivity index (χ2v) is 31.6. The smallest absolute Gasteiger partial charge is 0.354 e. The van der Waals surface area contributed by atoms with Crippen LogP contribution in [-0.2, 0) is 132 Å². The van der Waals surface area contributed by atoms with Gasteiger partial charge in [0.15, 0.2) is 0 Å². The van der Waals surface area contributed by atoms with Gasteiger partial charge in [0.1, 0.15) is 5.58 Å². The zero-order chi connectivity index (χ0) is 92.8. The molecule has 19 nitrogen and oxygen atoms in total. The van der Waals surface area contributed by atoms with Crippen LogP contribution >= 0.6 is 0 Å². The van der Waals surface area contributed by atoms with E-state index in [2.05, 4.69) is 234 Å². The van der Waals surface area contributed by atoms with Gasteiger partial charge in [0.05, 0.1) is 0 Å². The van der Waals surface area contributed by atoms with Crippen molar-refractivity contribution in [2.24, 2.45) is 0 Å². The van der Waals surface area contributed by atoms with E-state index in [9.17, 15) is 8.78 Å². The van der Waals surface area contributed by atoms with Crippen molar-refractivity contribution >= 4 is 55.5 Å². The molecule has 2 aliphatic heterocycles. The maximum absolute atomic E-state index is 13.2. The first-order chi connectivity index (χ1) is 66.9. The molecule has 10 aromatic heterocycles. The molecule has 0 N–H and O–H groups in total. The quantitative estimate of drug-likeness (QED) is 0.106. The molecular formula is C115H87F2Ir6N18O-9. The minimum absolute atomic E-state index is 0. The van der Waals surface area contributed by atoms with E-state index in [4.69, 9.17) is 4.42 Å². The van der Waals surface area contributed by atoms with Crippen LogP contribution in [-0.4, -0.2) is 87.8 Å². The van der Waals surface area contributed by atoms with E-state index < -0.39 is 17.5 Å². The van der Waals surface area contributed by atoms with Gasteiger partial charge >= 0.3 is 5.91 Å². The minimum atomic E-state index is -0.986. The molecule has 0 saturated carbocycles. The Morgan fingerprint density at radius 3 is 1.51 bits per heavy atom. The monoisotopic (exact) mass is 2930 g/mol. The molecule has 1 aliphatic carbocycles. The van der Waals surface area contributed by atoms with Gasteiger partial charge in [0.2, 0.25) is 0 Å². The Bertz CT molecular complexity index is 7370. The first kappa shape index (κ1) is 107. The van der Waals surface area contributed by atoms with Crippen LogP contribution in [0.25, 0.3) is 106 Å². The first-order valence-electron chi connectivity index (χ1n) is 43.8. The van der Waals surface area contributed by atoms with Gasteiger partial charge < -0.3 is 44.0 Å². The maximum Gasteiger partial charge on any atom is 0.354 e. The molecule has 720 valence electrons. The fourth-order valence-corrected chi connectivity index (χ4v) is 16.1. The third-order valence-corrected chi connectivity index (χ3v) is 22.5. The molecule has 12 heterocycles. The van der Waals surface area contributed by atoms with Crippen LogP contribution in [0.5, 0.6) is 0 Å². The zero-order valence-corrected chi connectivity index (χ0v) is 90.9. The number of furan rings is 1. The molecule has 0 bridgehead atoms. The summed E-state index contributed by atoms with van der Waals surface area (Å²) in [6, 6.07) is 134. The predicted octanol–water partition coefficient (Wildman–Crippen LogP) is 24.9. The van der Waals surface area contributed by atoms with Crippen molar-refractivity contribution in [1.29, 1.82) is 0 Å². The number of halogens is 2. The van der Waals surface area contributed by atoms with Crippen LogP contribution < -0.4 is 14.7 Å². The zero-order valence-electron chi connectivity index (χ0n) is 76.5. The van der Waals surface area contributed by atoms with Crippen molar-refractivity contribution in [3.63, 3.8) is 0 Å². The molecule has 0 saturated heterocycles. The summed E-state index contributed by atoms with van der Waals surface area (Å²) in [5, 5.41) is 26.5. The van der Waals surface area contributed by atoms with Crippen LogP contribution in [0, 0.1) is 67.4 Å². The minimum Gasteiger partial charge on any atom is -0.514 e. The van der Waals surface area contributed by atoms with Gasteiger partial charge in [-0.15, -0.1) is 142 Å². The largest absolute Gasteiger partial charge is 0.514 e. The summed E-state index contributed by atoms with van der Waals surface area (Å²) in [6.45, 7) is 8.64. The molecule has 25 rings (SSSR count). The number of para-hydroxylation sites is 4. The first-order valence-corrected chi connectivity index (χ1v) is 43.8. The molecule has 6 radical (unpaired) electrons. The second kappa shape index (κ2) is 51.5. The maximum atomic E-state index is 13.2. The number of fused-ring (bicyclic) bond motifs is 8. The van der Waals surface area contributed by atoms with E-state index in [0.717, 1.165) is 84.9 Å². The Hall–Kier alpha value is -14.0. The topological polar surface area (TPSA) is 167 Å². The van der Waals surface area contributed by atoms with Crippen LogP contribution in [0.4, 0.5) is 31.5 Å². The summed E-state index contributed by atoms with van der Waals surface area (Å²) in [6.07, 6.45) is 29.0. The fourth-order valence-electron chi connectivity index (χ4n) is 16.1. The summed E-state index contributed by atoms with van der Waals surface area (Å²) in [7, 11) is 4.05. The van der Waals surface area contributed by atoms with Crippen LogP contribution in [0.15, 0.2) is 449 Å². The summed E-state index contributed by atoms with van der Waals surface area (Å²) < 4.78 is 40.6. The number of pyridine rings is 4. The van der Waals surface area contributed by atoms with E-state index in [-0.39, 0.29) is 132 Å². The molecule has 0 unspecified atom stereocenters. The number of hydrogen-bond donors (Lipinski definition) is 0. The van der Waals surface area contributed by atoms with Gasteiger partial charge in [0.25, 0.3) is 0 Å². The summed E-state index contributed by atoms with van der Waals surface area (Å²) in [5.41, 5.74) is 21.7. The van der Waals surface area contributed by atoms with Gasteiger partial charge in [-0.1, -0.05) is 188 Å². The number of anilines is 4. The van der Waals surface area contributed by atoms with E-state index >= 15 is 0 Å². The molecule has 12 aromatic carbocycles. The van der Waals surface area contributed by atoms with E-state index in [1.165, 1.54) is 55.5 Å². The molecule has 22 aromatic rings. The Balaban J connectivity index is 0.000000145. The number of benzene rings is 12. The second-order valence-electron chi connectivity index (χ2n) is 31.6. The van der Waals surface area contributed by atoms with Gasteiger partial charge in [-0.05, 0) is 155 Å². The summed E-state index contributed by atoms with van der Waals surface area (Å²) in [5.74, 6) is -2.27. The van der Waals surface area contributed by atoms with Crippen molar-refractivity contribution in [1.82, 2.24) is 73.7 Å². The van der Waals surface area contributed by atoms with Crippen LogP contribution in [0.1, 0.15) is 25.0 Å². The number of rotatable bonds is 12. The van der Waals surface area contributed by atoms with Crippen molar-refractivity contribution < 1.29 is 134 Å². The normalized spacial score (nSPS) is 11.7. The number of hydrogen-bond acceptors (Lipinski definition) is 14. The molecule has 0 spiro atoms. The predicted molar refractivity (Wildman–Crippen MR) is 533 cm³/mol. The van der Waals surface area contributed by atoms with Crippen LogP contribution in [0.2, 0.25) is 0 Å². The Labute approximate surface area is 904 Å². The van der Waals surface area contributed by atoms with E-state index in [1.807, 2.05) is 284 Å². The average molecular weight is 2930 g/mol. The van der Waals surface area contributed by atoms with Gasteiger partial charge in [-0.2, -0.15) is 99.5 Å². The molecular weight excluding hydrogens is 2840 g/mol. The Kier molecular flexibility index (Phi) is 38.7. The van der Waals surface area contributed by atoms with Gasteiger partial charge in [-0.25, -0.2) is 18.7 Å². The number of aromatic nitrogens is 14. The van der Waals surface area contributed by atoms with E-state index in [1.54, 1.807) is 86.5 Å². The third-order valence-electron chi connectivity index (χ3n) is 22.5. The molecule has 27 heteroatoms. The van der Waals surface area contributed by atoms with Crippen LogP contribution in [0.3, 0.4) is 0 Å². The molecule has 142 heavy (non-hydrogen) atoms. The SMILES string of the molecule is CC1(C)c2ccccc2-c2c[c-]c(-n3cccn3)cc21.CN1C=CN(c2[c-]ccc3c2oc2ccccc23)[CH-]1.CN1[CH-]N(c2[c-]cccc2)c2ccccc21.Fc1c[c-]c(-c2ccccn2)c(F)c1.[Ir].[Ir].[Ir].[Ir].[Ir].[Ir].[c-]1ccc(-c2ccccc2)cc1-c1ccccn1.[c-]1ccccc1-c1ccccn1.[c-]1ccccc1-c1nccc2ccccc12.c1cnn(C(n2cccn2)(n2cccn2)n2cccn2)c1. The molecule has 0 atom stereocenters. The summed E-state index contributed by atoms with van der Waals surface area (Å²) >= 11 is 0. The fraction of sp³-hybridized carbons (Fsp3) is 0.0522. The van der Waals surface area contributed by atoms with Crippen molar-refractivity contribution in [3.05, 3.63) is 524 Å². The molecule has 3 aliphatic rings. The van der Waals surface area contributed by atoms with E-state index in [0.29, 0.717) is 5.69 Å². The molecule has 0 fully saturated rings. The van der Waals surface area contributed by atoms with Gasteiger partial charge in [0, 0.05) is 241 Å². The Morgan fingerprint density at radius 2 is 0.915 bits per heavy atom. The van der Waals surface area contributed by atoms with Crippen molar-refractivity contribution in [2.45, 2.75) is 25.2 Å². The standard InChI is InChI=1S/C18H15N2.C17H12N.C16H12N2O.C15H10N.C14H12N2.C13H12N8.C11H6F2N.C11H8N.6Ir/c1-18(2)16-7-4-3-6-14(16)15-9-8-13(12-17(15)18)20-11-5-10-19-20;1-2-7-14(8-3-1)15-9-6-10-16(13-15)17-11-4-5-12-18-17;1-17-9-10-18(11-17)14-7-4-6-13-12-5-2-3-8-15(12)19-16(13)14;1-2-7-13(8-3-1)15-14-9-5-4-6-12(14)10-11-16-15;1-15-11-16(12-7-3-2-4-8-12)14-10-6-5-9-13(14)15;1-5-14-18(9-1)13(19-10-2-6-15-19,20-11-3-7-16-20)21-12-4-8-17-21;12-8-4-5-9(10(13)7-8)11-3-1-2-6-14-11;1-2-6-10(7-3-1)11-8-4-5-9-12-11;;;;;;/h3-7,9-12H,1-2H3;1-9,11-13H;2-6,8-11H,1H3;1-7,9-11H;2-7,9-11H,1H3;1-12H;1-4,6-7H;1-6,8-9H;;;;;;/q2*-1;-2;-1;-2;;2*-1;;;;;;.